The first-order chi connectivity index (χ1) is 10.2. The molecule has 0 aromatic heterocycles. The molecule has 0 amide bonds. The van der Waals surface area contributed by atoms with Gasteiger partial charge in [-0.15, -0.1) is 0 Å². The summed E-state index contributed by atoms with van der Waals surface area (Å²) >= 11 is 0. The first-order valence-corrected chi connectivity index (χ1v) is 8.58. The quantitative estimate of drug-likeness (QED) is 0.228. The van der Waals surface area contributed by atoms with Gasteiger partial charge in [0, 0.05) is 6.42 Å². The Hall–Kier alpha value is 0.360. The minimum absolute atomic E-state index is 0. The van der Waals surface area contributed by atoms with E-state index in [1.165, 1.54) is 57.8 Å². The van der Waals surface area contributed by atoms with Crippen molar-refractivity contribution in [3.63, 3.8) is 0 Å². The SMILES string of the molecule is CCCCCCCCCCCCCC(=O)OC(=O)CNC.[CaH2]. The van der Waals surface area contributed by atoms with E-state index in [2.05, 4.69) is 17.0 Å². The number of hydrogen-bond acceptors (Lipinski definition) is 4. The zero-order valence-electron chi connectivity index (χ0n) is 13.9. The van der Waals surface area contributed by atoms with E-state index in [0.717, 1.165) is 12.8 Å². The fourth-order valence-corrected chi connectivity index (χ4v) is 2.29. The average molecular weight is 342 g/mol. The van der Waals surface area contributed by atoms with Gasteiger partial charge >= 0.3 is 49.7 Å². The van der Waals surface area contributed by atoms with E-state index in [4.69, 9.17) is 0 Å². The van der Waals surface area contributed by atoms with Crippen molar-refractivity contribution in [2.75, 3.05) is 13.6 Å². The second-order valence-corrected chi connectivity index (χ2v) is 5.66. The van der Waals surface area contributed by atoms with Crippen LogP contribution in [0.5, 0.6) is 0 Å². The van der Waals surface area contributed by atoms with Gasteiger partial charge < -0.3 is 10.1 Å². The molecule has 0 heterocycles. The second-order valence-electron chi connectivity index (χ2n) is 5.66. The molecule has 0 unspecified atom stereocenters. The molecule has 0 saturated carbocycles. The van der Waals surface area contributed by atoms with Gasteiger partial charge in [0.15, 0.2) is 0 Å². The molecule has 128 valence electrons. The van der Waals surface area contributed by atoms with Crippen molar-refractivity contribution in [2.45, 2.75) is 84.0 Å². The van der Waals surface area contributed by atoms with Crippen LogP contribution in [0.1, 0.15) is 84.0 Å². The molecule has 0 aliphatic heterocycles. The predicted molar refractivity (Wildman–Crippen MR) is 94.6 cm³/mol. The van der Waals surface area contributed by atoms with Gasteiger partial charge in [-0.3, -0.25) is 9.59 Å². The second kappa shape index (κ2) is 19.4. The number of likely N-dealkylation sites (N-methyl/N-ethyl adjacent to an activating group) is 1. The van der Waals surface area contributed by atoms with Crippen molar-refractivity contribution in [3.8, 4) is 0 Å². The van der Waals surface area contributed by atoms with Gasteiger partial charge in [0.2, 0.25) is 0 Å². The molecule has 5 heteroatoms. The van der Waals surface area contributed by atoms with Crippen molar-refractivity contribution in [1.82, 2.24) is 5.32 Å². The third-order valence-electron chi connectivity index (χ3n) is 3.53. The first-order valence-electron chi connectivity index (χ1n) is 8.58. The molecule has 0 atom stereocenters. The molecule has 0 fully saturated rings. The number of esters is 2. The summed E-state index contributed by atoms with van der Waals surface area (Å²) in [5.41, 5.74) is 0. The van der Waals surface area contributed by atoms with Crippen molar-refractivity contribution in [2.24, 2.45) is 0 Å². The molecule has 0 radical (unpaired) electrons. The third kappa shape index (κ3) is 18.4. The Morgan fingerprint density at radius 2 is 1.23 bits per heavy atom. The molecule has 0 aromatic rings. The maximum atomic E-state index is 11.3. The number of nitrogens with one attached hydrogen (secondary N) is 1. The van der Waals surface area contributed by atoms with Crippen LogP contribution in [-0.2, 0) is 14.3 Å². The molecule has 0 saturated heterocycles. The Labute approximate surface area is 166 Å². The van der Waals surface area contributed by atoms with Crippen molar-refractivity contribution in [3.05, 3.63) is 0 Å². The van der Waals surface area contributed by atoms with Crippen LogP contribution in [0, 0.1) is 0 Å². The van der Waals surface area contributed by atoms with E-state index in [1.54, 1.807) is 7.05 Å². The van der Waals surface area contributed by atoms with Crippen LogP contribution in [0.15, 0.2) is 0 Å². The van der Waals surface area contributed by atoms with Crippen LogP contribution < -0.4 is 5.32 Å². The van der Waals surface area contributed by atoms with Crippen molar-refractivity contribution >= 4 is 49.7 Å². The van der Waals surface area contributed by atoms with Crippen LogP contribution in [0.25, 0.3) is 0 Å². The van der Waals surface area contributed by atoms with Crippen LogP contribution >= 0.6 is 0 Å². The topological polar surface area (TPSA) is 55.4 Å². The Kier molecular flexibility index (Phi) is 21.7. The van der Waals surface area contributed by atoms with Gasteiger partial charge in [0.1, 0.15) is 0 Å². The van der Waals surface area contributed by atoms with E-state index >= 15 is 0 Å². The van der Waals surface area contributed by atoms with Gasteiger partial charge in [-0.2, -0.15) is 0 Å². The van der Waals surface area contributed by atoms with E-state index in [0.29, 0.717) is 6.42 Å². The van der Waals surface area contributed by atoms with Crippen molar-refractivity contribution < 1.29 is 14.3 Å². The average Bonchev–Trinajstić information content (AvgIpc) is 2.45. The number of rotatable bonds is 14. The van der Waals surface area contributed by atoms with Gasteiger partial charge in [-0.05, 0) is 13.5 Å². The molecule has 1 N–H and O–H groups in total. The number of carbonyl (C=O) groups excluding carboxylic acids is 2. The van der Waals surface area contributed by atoms with Crippen LogP contribution in [0.2, 0.25) is 0 Å². The van der Waals surface area contributed by atoms with E-state index in [-0.39, 0.29) is 44.3 Å². The molecule has 0 aliphatic carbocycles. The summed E-state index contributed by atoms with van der Waals surface area (Å²) in [6, 6.07) is 0. The van der Waals surface area contributed by atoms with Gasteiger partial charge in [-0.25, -0.2) is 0 Å². The fraction of sp³-hybridized carbons (Fsp3) is 0.882. The Morgan fingerprint density at radius 3 is 1.68 bits per heavy atom. The summed E-state index contributed by atoms with van der Waals surface area (Å²) in [4.78, 5) is 22.4. The van der Waals surface area contributed by atoms with E-state index in [9.17, 15) is 9.59 Å². The zero-order valence-corrected chi connectivity index (χ0v) is 13.9. The number of ether oxygens (including phenoxy) is 1. The molecule has 22 heavy (non-hydrogen) atoms. The van der Waals surface area contributed by atoms with E-state index in [1.807, 2.05) is 0 Å². The summed E-state index contributed by atoms with van der Waals surface area (Å²) in [6.07, 6.45) is 14.1. The van der Waals surface area contributed by atoms with Crippen LogP contribution in [-0.4, -0.2) is 63.3 Å². The monoisotopic (exact) mass is 341 g/mol. The Bertz CT molecular complexity index is 273. The summed E-state index contributed by atoms with van der Waals surface area (Å²) in [5, 5.41) is 2.66. The van der Waals surface area contributed by atoms with Crippen molar-refractivity contribution in [1.29, 1.82) is 0 Å². The predicted octanol–water partition coefficient (Wildman–Crippen LogP) is 3.06. The van der Waals surface area contributed by atoms with Gasteiger partial charge in [0.25, 0.3) is 0 Å². The fourth-order valence-electron chi connectivity index (χ4n) is 2.29. The van der Waals surface area contributed by atoms with Crippen LogP contribution in [0.3, 0.4) is 0 Å². The number of unbranched alkanes of at least 4 members (excludes halogenated alkanes) is 10. The Balaban J connectivity index is 0. The summed E-state index contributed by atoms with van der Waals surface area (Å²) in [6.45, 7) is 2.33. The molecule has 0 aliphatic rings. The normalized spacial score (nSPS) is 10.1. The standard InChI is InChI=1S/C17H33NO3.Ca.2H/c1-3-4-5-6-7-8-9-10-11-12-13-14-16(19)21-17(20)15-18-2;;;/h18H,3-15H2,1-2H3;;;. The van der Waals surface area contributed by atoms with Gasteiger partial charge in [0.05, 0.1) is 6.54 Å². The summed E-state index contributed by atoms with van der Waals surface area (Å²) in [7, 11) is 1.65. The van der Waals surface area contributed by atoms with Crippen LogP contribution in [0.4, 0.5) is 0 Å². The first kappa shape index (κ1) is 24.6. The summed E-state index contributed by atoms with van der Waals surface area (Å²) in [5.74, 6) is -0.892. The molecule has 0 spiro atoms. The molecule has 0 aromatic carbocycles. The molecular formula is C17H35CaNO3. The molecular weight excluding hydrogens is 306 g/mol. The van der Waals surface area contributed by atoms with Gasteiger partial charge in [-0.1, -0.05) is 71.1 Å². The number of hydrogen-bond donors (Lipinski definition) is 1. The molecule has 4 nitrogen and oxygen atoms in total. The Morgan fingerprint density at radius 1 is 0.773 bits per heavy atom. The zero-order chi connectivity index (χ0) is 15.8. The maximum absolute atomic E-state index is 11.3. The number of carbonyl (C=O) groups is 2. The molecule has 0 rings (SSSR count). The summed E-state index contributed by atoms with van der Waals surface area (Å²) < 4.78 is 4.64. The van der Waals surface area contributed by atoms with E-state index < -0.39 is 11.9 Å². The third-order valence-corrected chi connectivity index (χ3v) is 3.53. The molecule has 0 bridgehead atoms. The minimum atomic E-state index is -0.495.